The maximum Gasteiger partial charge on any atom is 0.312 e. The fourth-order valence-electron chi connectivity index (χ4n) is 1.73. The first-order valence-electron chi connectivity index (χ1n) is 5.94. The van der Waals surface area contributed by atoms with Gasteiger partial charge in [-0.3, -0.25) is 9.59 Å². The number of hydrogen-bond acceptors (Lipinski definition) is 3. The zero-order chi connectivity index (χ0) is 13.5. The van der Waals surface area contributed by atoms with Crippen molar-refractivity contribution in [1.82, 2.24) is 0 Å². The van der Waals surface area contributed by atoms with Gasteiger partial charge in [0.2, 0.25) is 0 Å². The van der Waals surface area contributed by atoms with Gasteiger partial charge in [0.05, 0.1) is 5.71 Å². The minimum atomic E-state index is -1.10. The third kappa shape index (κ3) is 3.80. The number of carbonyl (C=O) groups is 2. The van der Waals surface area contributed by atoms with E-state index in [0.717, 1.165) is 5.56 Å². The molecule has 0 aromatic heterocycles. The molecule has 18 heavy (non-hydrogen) atoms. The molecule has 1 aromatic rings. The minimum absolute atomic E-state index is 0.187. The van der Waals surface area contributed by atoms with Gasteiger partial charge in [0.1, 0.15) is 5.92 Å². The highest BCUT2D eigenvalue weighted by Crippen LogP contribution is 2.09. The van der Waals surface area contributed by atoms with Crippen molar-refractivity contribution in [3.63, 3.8) is 0 Å². The monoisotopic (exact) mass is 247 g/mol. The molecule has 0 aliphatic carbocycles. The molecule has 4 nitrogen and oxygen atoms in total. The summed E-state index contributed by atoms with van der Waals surface area (Å²) in [6.07, 6.45) is 0.996. The number of carboxylic acids is 1. The molecule has 0 spiro atoms. The molecule has 0 saturated heterocycles. The quantitative estimate of drug-likeness (QED) is 0.726. The number of rotatable bonds is 7. The first-order chi connectivity index (χ1) is 8.56. The van der Waals surface area contributed by atoms with Crippen LogP contribution in [0.2, 0.25) is 0 Å². The average Bonchev–Trinajstić information content (AvgIpc) is 2.37. The van der Waals surface area contributed by atoms with E-state index >= 15 is 0 Å². The molecule has 0 aliphatic rings. The Kier molecular flexibility index (Phi) is 5.24. The van der Waals surface area contributed by atoms with Crippen molar-refractivity contribution in [2.75, 3.05) is 0 Å². The van der Waals surface area contributed by atoms with E-state index in [9.17, 15) is 9.59 Å². The minimum Gasteiger partial charge on any atom is -0.481 e. The molecule has 1 aromatic carbocycles. The number of nitrogens with one attached hydrogen (secondary N) is 1. The Bertz CT molecular complexity index is 440. The molecule has 0 amide bonds. The highest BCUT2D eigenvalue weighted by molar-refractivity contribution is 6.42. The summed E-state index contributed by atoms with van der Waals surface area (Å²) in [5.41, 5.74) is 0.725. The number of carboxylic acid groups (broad SMARTS) is 1. The summed E-state index contributed by atoms with van der Waals surface area (Å²) in [7, 11) is 0. The predicted octanol–water partition coefficient (Wildman–Crippen LogP) is 2.32. The van der Waals surface area contributed by atoms with Gasteiger partial charge >= 0.3 is 5.97 Å². The van der Waals surface area contributed by atoms with Gasteiger partial charge in [-0.1, -0.05) is 37.3 Å². The van der Waals surface area contributed by atoms with Gasteiger partial charge in [0.15, 0.2) is 5.78 Å². The topological polar surface area (TPSA) is 78.2 Å². The molecule has 0 bridgehead atoms. The first kappa shape index (κ1) is 14.1. The van der Waals surface area contributed by atoms with E-state index in [4.69, 9.17) is 10.5 Å². The van der Waals surface area contributed by atoms with Gasteiger partial charge in [-0.2, -0.15) is 0 Å². The van der Waals surface area contributed by atoms with Crippen LogP contribution in [-0.2, 0) is 16.0 Å². The highest BCUT2D eigenvalue weighted by Gasteiger charge is 2.25. The lowest BCUT2D eigenvalue weighted by molar-refractivity contribution is -0.139. The Morgan fingerprint density at radius 3 is 2.39 bits per heavy atom. The number of aryl methyl sites for hydroxylation is 1. The van der Waals surface area contributed by atoms with Gasteiger partial charge < -0.3 is 10.5 Å². The second kappa shape index (κ2) is 6.69. The summed E-state index contributed by atoms with van der Waals surface area (Å²) >= 11 is 0. The molecular formula is C14H17NO3. The molecule has 0 radical (unpaired) electrons. The Labute approximate surface area is 106 Å². The molecule has 0 saturated carbocycles. The lowest BCUT2D eigenvalue weighted by Gasteiger charge is -2.10. The number of aliphatic carboxylic acids is 1. The second-order valence-corrected chi connectivity index (χ2v) is 4.12. The highest BCUT2D eigenvalue weighted by atomic mass is 16.4. The molecule has 4 heteroatoms. The molecule has 96 valence electrons. The summed E-state index contributed by atoms with van der Waals surface area (Å²) in [6.45, 7) is 1.66. The van der Waals surface area contributed by atoms with Crippen LogP contribution in [-0.4, -0.2) is 22.6 Å². The van der Waals surface area contributed by atoms with Crippen LogP contribution in [0.4, 0.5) is 0 Å². The smallest absolute Gasteiger partial charge is 0.312 e. The SMILES string of the molecule is CC[C@@H](C(=N)C(=O)CCc1ccccc1)C(=O)O. The van der Waals surface area contributed by atoms with E-state index in [1.54, 1.807) is 6.92 Å². The molecule has 2 N–H and O–H groups in total. The van der Waals surface area contributed by atoms with Crippen LogP contribution in [0.1, 0.15) is 25.3 Å². The fraction of sp³-hybridized carbons (Fsp3) is 0.357. The predicted molar refractivity (Wildman–Crippen MR) is 68.9 cm³/mol. The van der Waals surface area contributed by atoms with Crippen LogP contribution in [0.15, 0.2) is 30.3 Å². The van der Waals surface area contributed by atoms with Crippen molar-refractivity contribution in [2.45, 2.75) is 26.2 Å². The third-order valence-electron chi connectivity index (χ3n) is 2.84. The largest absolute Gasteiger partial charge is 0.481 e. The van der Waals surface area contributed by atoms with E-state index in [0.29, 0.717) is 6.42 Å². The normalized spacial score (nSPS) is 11.8. The zero-order valence-electron chi connectivity index (χ0n) is 10.3. The van der Waals surface area contributed by atoms with E-state index in [1.807, 2.05) is 30.3 Å². The summed E-state index contributed by atoms with van der Waals surface area (Å²) in [5.74, 6) is -2.46. The van der Waals surface area contributed by atoms with Crippen LogP contribution < -0.4 is 0 Å². The second-order valence-electron chi connectivity index (χ2n) is 4.12. The molecule has 0 heterocycles. The molecule has 0 unspecified atom stereocenters. The van der Waals surface area contributed by atoms with Gasteiger partial charge in [-0.05, 0) is 18.4 Å². The Morgan fingerprint density at radius 1 is 1.28 bits per heavy atom. The van der Waals surface area contributed by atoms with Crippen molar-refractivity contribution >= 4 is 17.5 Å². The lowest BCUT2D eigenvalue weighted by atomic mass is 9.94. The summed E-state index contributed by atoms with van der Waals surface area (Å²) < 4.78 is 0. The summed E-state index contributed by atoms with van der Waals surface area (Å²) in [6, 6.07) is 9.48. The molecule has 0 fully saturated rings. The van der Waals surface area contributed by atoms with E-state index < -0.39 is 11.9 Å². The molecular weight excluding hydrogens is 230 g/mol. The fourth-order valence-corrected chi connectivity index (χ4v) is 1.73. The van der Waals surface area contributed by atoms with Crippen LogP contribution in [0.3, 0.4) is 0 Å². The van der Waals surface area contributed by atoms with Crippen LogP contribution in [0.25, 0.3) is 0 Å². The molecule has 0 aliphatic heterocycles. The molecule has 1 rings (SSSR count). The first-order valence-corrected chi connectivity index (χ1v) is 5.94. The zero-order valence-corrected chi connectivity index (χ0v) is 10.3. The third-order valence-corrected chi connectivity index (χ3v) is 2.84. The van der Waals surface area contributed by atoms with Crippen molar-refractivity contribution in [2.24, 2.45) is 5.92 Å². The number of benzene rings is 1. The molecule has 1 atom stereocenters. The number of Topliss-reactive ketones (excluding diaryl/α,β-unsaturated/α-hetero) is 1. The van der Waals surface area contributed by atoms with Gasteiger partial charge in [0.25, 0.3) is 0 Å². The van der Waals surface area contributed by atoms with Gasteiger partial charge in [0, 0.05) is 6.42 Å². The maximum absolute atomic E-state index is 11.7. The number of carbonyl (C=O) groups excluding carboxylic acids is 1. The average molecular weight is 247 g/mol. The number of ketones is 1. The van der Waals surface area contributed by atoms with Gasteiger partial charge in [-0.15, -0.1) is 0 Å². The summed E-state index contributed by atoms with van der Waals surface area (Å²) in [4.78, 5) is 22.6. The van der Waals surface area contributed by atoms with Crippen molar-refractivity contribution < 1.29 is 14.7 Å². The lowest BCUT2D eigenvalue weighted by Crippen LogP contribution is -2.29. The number of hydrogen-bond donors (Lipinski definition) is 2. The van der Waals surface area contributed by atoms with Gasteiger partial charge in [-0.25, -0.2) is 0 Å². The van der Waals surface area contributed by atoms with Crippen molar-refractivity contribution in [1.29, 1.82) is 5.41 Å². The van der Waals surface area contributed by atoms with E-state index in [2.05, 4.69) is 0 Å². The van der Waals surface area contributed by atoms with E-state index in [-0.39, 0.29) is 24.3 Å². The van der Waals surface area contributed by atoms with Crippen LogP contribution in [0, 0.1) is 11.3 Å². The maximum atomic E-state index is 11.7. The Morgan fingerprint density at radius 2 is 1.89 bits per heavy atom. The van der Waals surface area contributed by atoms with Crippen molar-refractivity contribution in [3.8, 4) is 0 Å². The van der Waals surface area contributed by atoms with Crippen LogP contribution in [0.5, 0.6) is 0 Å². The Hall–Kier alpha value is -1.97. The standard InChI is InChI=1S/C14H17NO3/c1-2-11(14(17)18)13(15)12(16)9-8-10-6-4-3-5-7-10/h3-7,11,15H,2,8-9H2,1H3,(H,17,18)/t11-/m0/s1. The summed E-state index contributed by atoms with van der Waals surface area (Å²) in [5, 5.41) is 16.5. The van der Waals surface area contributed by atoms with Crippen molar-refractivity contribution in [3.05, 3.63) is 35.9 Å². The Balaban J connectivity index is 2.55. The van der Waals surface area contributed by atoms with E-state index in [1.165, 1.54) is 0 Å². The van der Waals surface area contributed by atoms with Crippen LogP contribution >= 0.6 is 0 Å².